The Morgan fingerprint density at radius 2 is 1.83 bits per heavy atom. The van der Waals surface area contributed by atoms with E-state index in [4.69, 9.17) is 0 Å². The standard InChI is InChI=1S/C18H20N6/c1-23-8-10-24(11-9-23)17-6-7-19-18(22-17)21-15-12-14-4-2-3-5-16(14)20-13-15/h2-7,12-13H,8-11H2,1H3,(H,19,21,22). The highest BCUT2D eigenvalue weighted by Crippen LogP contribution is 2.20. The smallest absolute Gasteiger partial charge is 0.229 e. The van der Waals surface area contributed by atoms with Crippen molar-refractivity contribution in [3.63, 3.8) is 0 Å². The SMILES string of the molecule is CN1CCN(c2ccnc(Nc3cnc4ccccc4c3)n2)CC1. The molecule has 3 aromatic rings. The molecule has 0 amide bonds. The molecule has 0 spiro atoms. The van der Waals surface area contributed by atoms with Crippen LogP contribution in [0.25, 0.3) is 10.9 Å². The number of likely N-dealkylation sites (N-methyl/N-ethyl adjacent to an activating group) is 1. The lowest BCUT2D eigenvalue weighted by atomic mass is 10.2. The molecule has 1 aromatic carbocycles. The number of nitrogens with zero attached hydrogens (tertiary/aromatic N) is 5. The third-order valence-corrected chi connectivity index (χ3v) is 4.31. The van der Waals surface area contributed by atoms with E-state index in [1.807, 2.05) is 30.5 Å². The Morgan fingerprint density at radius 3 is 2.71 bits per heavy atom. The molecule has 0 saturated carbocycles. The number of benzene rings is 1. The molecular weight excluding hydrogens is 300 g/mol. The first-order valence-corrected chi connectivity index (χ1v) is 8.16. The summed E-state index contributed by atoms with van der Waals surface area (Å²) in [6, 6.07) is 12.1. The number of hydrogen-bond donors (Lipinski definition) is 1. The summed E-state index contributed by atoms with van der Waals surface area (Å²) in [6.07, 6.45) is 3.62. The first kappa shape index (κ1) is 14.8. The van der Waals surface area contributed by atoms with Crippen LogP contribution >= 0.6 is 0 Å². The average Bonchev–Trinajstić information content (AvgIpc) is 2.62. The molecule has 1 fully saturated rings. The zero-order valence-corrected chi connectivity index (χ0v) is 13.7. The van der Waals surface area contributed by atoms with E-state index in [0.29, 0.717) is 5.95 Å². The van der Waals surface area contributed by atoms with E-state index in [0.717, 1.165) is 48.6 Å². The van der Waals surface area contributed by atoms with Gasteiger partial charge < -0.3 is 15.1 Å². The van der Waals surface area contributed by atoms with Gasteiger partial charge in [0.2, 0.25) is 5.95 Å². The third-order valence-electron chi connectivity index (χ3n) is 4.31. The van der Waals surface area contributed by atoms with E-state index in [1.165, 1.54) is 0 Å². The molecular formula is C18H20N6. The number of para-hydroxylation sites is 1. The molecule has 1 aliphatic heterocycles. The molecule has 3 heterocycles. The maximum absolute atomic E-state index is 4.65. The molecule has 0 bridgehead atoms. The monoisotopic (exact) mass is 320 g/mol. The fourth-order valence-corrected chi connectivity index (χ4v) is 2.89. The average molecular weight is 320 g/mol. The second kappa shape index (κ2) is 6.41. The largest absolute Gasteiger partial charge is 0.354 e. The van der Waals surface area contributed by atoms with Gasteiger partial charge in [0.05, 0.1) is 17.4 Å². The summed E-state index contributed by atoms with van der Waals surface area (Å²) in [5.41, 5.74) is 1.87. The molecule has 6 nitrogen and oxygen atoms in total. The first-order valence-electron chi connectivity index (χ1n) is 8.16. The third kappa shape index (κ3) is 3.14. The summed E-state index contributed by atoms with van der Waals surface area (Å²) < 4.78 is 0. The molecule has 4 rings (SSSR count). The Kier molecular flexibility index (Phi) is 3.96. The van der Waals surface area contributed by atoms with E-state index in [-0.39, 0.29) is 0 Å². The fraction of sp³-hybridized carbons (Fsp3) is 0.278. The highest BCUT2D eigenvalue weighted by atomic mass is 15.3. The van der Waals surface area contributed by atoms with Gasteiger partial charge in [0.25, 0.3) is 0 Å². The summed E-state index contributed by atoms with van der Waals surface area (Å²) in [7, 11) is 2.15. The Hall–Kier alpha value is -2.73. The van der Waals surface area contributed by atoms with Gasteiger partial charge in [-0.3, -0.25) is 4.98 Å². The predicted octanol–water partition coefficient (Wildman–Crippen LogP) is 2.52. The number of rotatable bonds is 3. The second-order valence-electron chi connectivity index (χ2n) is 6.07. The van der Waals surface area contributed by atoms with Crippen LogP contribution in [0.2, 0.25) is 0 Å². The molecule has 122 valence electrons. The van der Waals surface area contributed by atoms with Crippen molar-refractivity contribution >= 4 is 28.4 Å². The van der Waals surface area contributed by atoms with Crippen LogP contribution in [-0.4, -0.2) is 53.1 Å². The molecule has 1 aliphatic rings. The van der Waals surface area contributed by atoms with E-state index in [1.54, 1.807) is 6.20 Å². The topological polar surface area (TPSA) is 57.2 Å². The number of piperazine rings is 1. The lowest BCUT2D eigenvalue weighted by Crippen LogP contribution is -2.44. The van der Waals surface area contributed by atoms with Crippen molar-refractivity contribution in [3.8, 4) is 0 Å². The minimum atomic E-state index is 0.600. The number of pyridine rings is 1. The van der Waals surface area contributed by atoms with Crippen molar-refractivity contribution in [2.75, 3.05) is 43.4 Å². The van der Waals surface area contributed by atoms with Crippen LogP contribution < -0.4 is 10.2 Å². The molecule has 1 saturated heterocycles. The van der Waals surface area contributed by atoms with Gasteiger partial charge in [-0.1, -0.05) is 18.2 Å². The highest BCUT2D eigenvalue weighted by molar-refractivity contribution is 5.82. The van der Waals surface area contributed by atoms with Crippen LogP contribution in [0.15, 0.2) is 48.8 Å². The lowest BCUT2D eigenvalue weighted by Gasteiger charge is -2.33. The van der Waals surface area contributed by atoms with Gasteiger partial charge in [-0.25, -0.2) is 4.98 Å². The summed E-state index contributed by atoms with van der Waals surface area (Å²) in [6.45, 7) is 4.09. The minimum absolute atomic E-state index is 0.600. The maximum atomic E-state index is 4.65. The van der Waals surface area contributed by atoms with Crippen LogP contribution in [0.4, 0.5) is 17.5 Å². The van der Waals surface area contributed by atoms with Crippen LogP contribution in [0.5, 0.6) is 0 Å². The summed E-state index contributed by atoms with van der Waals surface area (Å²) >= 11 is 0. The number of anilines is 3. The van der Waals surface area contributed by atoms with Gasteiger partial charge in [-0.2, -0.15) is 4.98 Å². The number of aromatic nitrogens is 3. The van der Waals surface area contributed by atoms with Gasteiger partial charge in [0.1, 0.15) is 5.82 Å². The normalized spacial score (nSPS) is 15.6. The van der Waals surface area contributed by atoms with Crippen LogP contribution in [0.1, 0.15) is 0 Å². The molecule has 24 heavy (non-hydrogen) atoms. The first-order chi connectivity index (χ1) is 11.8. The van der Waals surface area contributed by atoms with Gasteiger partial charge in [0.15, 0.2) is 0 Å². The zero-order valence-electron chi connectivity index (χ0n) is 13.7. The lowest BCUT2D eigenvalue weighted by molar-refractivity contribution is 0.312. The summed E-state index contributed by atoms with van der Waals surface area (Å²) in [4.78, 5) is 18.1. The van der Waals surface area contributed by atoms with E-state index >= 15 is 0 Å². The van der Waals surface area contributed by atoms with Crippen molar-refractivity contribution in [3.05, 3.63) is 48.8 Å². The summed E-state index contributed by atoms with van der Waals surface area (Å²) in [5.74, 6) is 1.57. The van der Waals surface area contributed by atoms with Gasteiger partial charge in [0, 0.05) is 37.8 Å². The molecule has 0 radical (unpaired) electrons. The molecule has 0 unspecified atom stereocenters. The Bertz CT molecular complexity index is 842. The fourth-order valence-electron chi connectivity index (χ4n) is 2.89. The van der Waals surface area contributed by atoms with Gasteiger partial charge in [-0.05, 0) is 25.2 Å². The predicted molar refractivity (Wildman–Crippen MR) is 96.8 cm³/mol. The van der Waals surface area contributed by atoms with Crippen LogP contribution in [0.3, 0.4) is 0 Å². The van der Waals surface area contributed by atoms with Crippen molar-refractivity contribution < 1.29 is 0 Å². The zero-order chi connectivity index (χ0) is 16.4. The number of hydrogen-bond acceptors (Lipinski definition) is 6. The van der Waals surface area contributed by atoms with E-state index < -0.39 is 0 Å². The molecule has 1 N–H and O–H groups in total. The van der Waals surface area contributed by atoms with Crippen molar-refractivity contribution in [1.29, 1.82) is 0 Å². The second-order valence-corrected chi connectivity index (χ2v) is 6.07. The van der Waals surface area contributed by atoms with Crippen molar-refractivity contribution in [2.45, 2.75) is 0 Å². The van der Waals surface area contributed by atoms with Crippen molar-refractivity contribution in [2.24, 2.45) is 0 Å². The molecule has 2 aromatic heterocycles. The van der Waals surface area contributed by atoms with Crippen LogP contribution in [-0.2, 0) is 0 Å². The summed E-state index contributed by atoms with van der Waals surface area (Å²) in [5, 5.41) is 4.36. The quantitative estimate of drug-likeness (QED) is 0.800. The molecule has 0 aliphatic carbocycles. The Morgan fingerprint density at radius 1 is 1.00 bits per heavy atom. The maximum Gasteiger partial charge on any atom is 0.229 e. The van der Waals surface area contributed by atoms with Crippen LogP contribution in [0, 0.1) is 0 Å². The van der Waals surface area contributed by atoms with E-state index in [2.05, 4.69) is 49.2 Å². The number of nitrogens with one attached hydrogen (secondary N) is 1. The highest BCUT2D eigenvalue weighted by Gasteiger charge is 2.15. The molecule has 6 heteroatoms. The van der Waals surface area contributed by atoms with E-state index in [9.17, 15) is 0 Å². The number of fused-ring (bicyclic) bond motifs is 1. The minimum Gasteiger partial charge on any atom is -0.354 e. The van der Waals surface area contributed by atoms with Crippen molar-refractivity contribution in [1.82, 2.24) is 19.9 Å². The Balaban J connectivity index is 1.54. The van der Waals surface area contributed by atoms with Gasteiger partial charge in [-0.15, -0.1) is 0 Å². The van der Waals surface area contributed by atoms with Gasteiger partial charge >= 0.3 is 0 Å². The molecule has 0 atom stereocenters. The Labute approximate surface area is 141 Å².